The van der Waals surface area contributed by atoms with Crippen LogP contribution in [0.1, 0.15) is 23.1 Å². The van der Waals surface area contributed by atoms with Gasteiger partial charge in [-0.2, -0.15) is 0 Å². The summed E-state index contributed by atoms with van der Waals surface area (Å²) in [6, 6.07) is 24.4. The standard InChI is InChI=1S/C23H26N2/c24-15-22(14-17-12-19-7-1-2-8-20(19)13-17)25-16-21-10-5-9-18-6-3-4-11-23(18)21/h1-11,17,22,25H,12-16,24H2. The van der Waals surface area contributed by atoms with Crippen LogP contribution < -0.4 is 11.1 Å². The Bertz CT molecular complexity index is 825. The number of nitrogens with two attached hydrogens (primary N) is 1. The monoisotopic (exact) mass is 330 g/mol. The third kappa shape index (κ3) is 3.60. The van der Waals surface area contributed by atoms with E-state index in [1.807, 2.05) is 0 Å². The Morgan fingerprint density at radius 3 is 2.32 bits per heavy atom. The molecular formula is C23H26N2. The quantitative estimate of drug-likeness (QED) is 0.715. The van der Waals surface area contributed by atoms with Gasteiger partial charge < -0.3 is 11.1 Å². The van der Waals surface area contributed by atoms with E-state index in [4.69, 9.17) is 5.73 Å². The zero-order chi connectivity index (χ0) is 17.1. The molecule has 3 N–H and O–H groups in total. The number of rotatable bonds is 6. The van der Waals surface area contributed by atoms with Crippen LogP contribution in [0.15, 0.2) is 66.7 Å². The fourth-order valence-electron chi connectivity index (χ4n) is 4.18. The van der Waals surface area contributed by atoms with E-state index in [1.165, 1.54) is 40.3 Å². The zero-order valence-electron chi connectivity index (χ0n) is 14.6. The van der Waals surface area contributed by atoms with Crippen LogP contribution in [0, 0.1) is 5.92 Å². The number of fused-ring (bicyclic) bond motifs is 2. The smallest absolute Gasteiger partial charge is 0.0214 e. The normalized spacial score (nSPS) is 15.4. The molecule has 1 aliphatic carbocycles. The highest BCUT2D eigenvalue weighted by Gasteiger charge is 2.23. The Morgan fingerprint density at radius 2 is 1.56 bits per heavy atom. The summed E-state index contributed by atoms with van der Waals surface area (Å²) < 4.78 is 0. The molecule has 128 valence electrons. The van der Waals surface area contributed by atoms with E-state index in [9.17, 15) is 0 Å². The summed E-state index contributed by atoms with van der Waals surface area (Å²) in [6.07, 6.45) is 3.54. The van der Waals surface area contributed by atoms with Crippen molar-refractivity contribution in [1.82, 2.24) is 5.32 Å². The fourth-order valence-corrected chi connectivity index (χ4v) is 4.18. The van der Waals surface area contributed by atoms with Gasteiger partial charge in [0.2, 0.25) is 0 Å². The topological polar surface area (TPSA) is 38.0 Å². The highest BCUT2D eigenvalue weighted by atomic mass is 14.9. The van der Waals surface area contributed by atoms with E-state index >= 15 is 0 Å². The molecule has 0 radical (unpaired) electrons. The van der Waals surface area contributed by atoms with Crippen LogP contribution in [0.4, 0.5) is 0 Å². The first-order chi connectivity index (χ1) is 12.3. The van der Waals surface area contributed by atoms with Gasteiger partial charge in [-0.15, -0.1) is 0 Å². The molecule has 0 aliphatic heterocycles. The maximum Gasteiger partial charge on any atom is 0.0214 e. The van der Waals surface area contributed by atoms with Gasteiger partial charge in [0.05, 0.1) is 0 Å². The average Bonchev–Trinajstić information content (AvgIpc) is 3.07. The summed E-state index contributed by atoms with van der Waals surface area (Å²) in [5, 5.41) is 6.34. The highest BCUT2D eigenvalue weighted by molar-refractivity contribution is 5.85. The molecule has 1 aliphatic rings. The summed E-state index contributed by atoms with van der Waals surface area (Å²) in [4.78, 5) is 0. The molecule has 1 atom stereocenters. The number of hydrogen-bond acceptors (Lipinski definition) is 2. The van der Waals surface area contributed by atoms with Crippen molar-refractivity contribution >= 4 is 10.8 Å². The molecule has 0 aromatic heterocycles. The molecule has 0 spiro atoms. The zero-order valence-corrected chi connectivity index (χ0v) is 14.6. The molecule has 1 unspecified atom stereocenters. The van der Waals surface area contributed by atoms with Crippen LogP contribution in [0.3, 0.4) is 0 Å². The molecule has 4 rings (SSSR count). The van der Waals surface area contributed by atoms with E-state index in [1.54, 1.807) is 0 Å². The van der Waals surface area contributed by atoms with Crippen LogP contribution in [0.5, 0.6) is 0 Å². The fraction of sp³-hybridized carbons (Fsp3) is 0.304. The minimum atomic E-state index is 0.373. The van der Waals surface area contributed by atoms with Gasteiger partial charge >= 0.3 is 0 Å². The lowest BCUT2D eigenvalue weighted by atomic mass is 9.96. The lowest BCUT2D eigenvalue weighted by molar-refractivity contribution is 0.395. The average molecular weight is 330 g/mol. The van der Waals surface area contributed by atoms with Crippen molar-refractivity contribution in [3.63, 3.8) is 0 Å². The molecule has 2 heteroatoms. The summed E-state index contributed by atoms with van der Waals surface area (Å²) in [5.41, 5.74) is 10.5. The van der Waals surface area contributed by atoms with E-state index in [2.05, 4.69) is 72.0 Å². The van der Waals surface area contributed by atoms with Gasteiger partial charge in [0.15, 0.2) is 0 Å². The van der Waals surface area contributed by atoms with Gasteiger partial charge in [0.25, 0.3) is 0 Å². The lowest BCUT2D eigenvalue weighted by Crippen LogP contribution is -2.37. The summed E-state index contributed by atoms with van der Waals surface area (Å²) in [6.45, 7) is 1.57. The molecule has 0 amide bonds. The Balaban J connectivity index is 1.39. The van der Waals surface area contributed by atoms with Gasteiger partial charge in [0.1, 0.15) is 0 Å². The van der Waals surface area contributed by atoms with Gasteiger partial charge in [-0.3, -0.25) is 0 Å². The molecule has 0 heterocycles. The Labute approximate surface area is 150 Å². The molecule has 2 nitrogen and oxygen atoms in total. The van der Waals surface area contributed by atoms with Crippen molar-refractivity contribution in [2.45, 2.75) is 31.8 Å². The van der Waals surface area contributed by atoms with Gasteiger partial charge in [-0.25, -0.2) is 0 Å². The van der Waals surface area contributed by atoms with Gasteiger partial charge in [-0.05, 0) is 52.6 Å². The van der Waals surface area contributed by atoms with Gasteiger partial charge in [0, 0.05) is 19.1 Å². The first-order valence-electron chi connectivity index (χ1n) is 9.30. The molecule has 0 bridgehead atoms. The van der Waals surface area contributed by atoms with Crippen LogP contribution in [-0.2, 0) is 19.4 Å². The minimum absolute atomic E-state index is 0.373. The molecule has 3 aromatic rings. The first-order valence-corrected chi connectivity index (χ1v) is 9.30. The second-order valence-electron chi connectivity index (χ2n) is 7.23. The SMILES string of the molecule is NCC(CC1Cc2ccccc2C1)NCc1cccc2ccccc12. The maximum absolute atomic E-state index is 6.07. The first kappa shape index (κ1) is 16.3. The van der Waals surface area contributed by atoms with Crippen molar-refractivity contribution in [2.24, 2.45) is 11.7 Å². The van der Waals surface area contributed by atoms with Crippen molar-refractivity contribution in [1.29, 1.82) is 0 Å². The van der Waals surface area contributed by atoms with Crippen molar-refractivity contribution < 1.29 is 0 Å². The Hall–Kier alpha value is -2.16. The molecule has 0 fully saturated rings. The third-order valence-corrected chi connectivity index (χ3v) is 5.50. The lowest BCUT2D eigenvalue weighted by Gasteiger charge is -2.21. The predicted octanol–water partition coefficient (Wildman–Crippen LogP) is 4.06. The van der Waals surface area contributed by atoms with Crippen molar-refractivity contribution in [2.75, 3.05) is 6.54 Å². The van der Waals surface area contributed by atoms with Crippen molar-refractivity contribution in [3.8, 4) is 0 Å². The van der Waals surface area contributed by atoms with Crippen LogP contribution in [0.25, 0.3) is 10.8 Å². The Kier molecular flexibility index (Phi) is 4.82. The molecule has 3 aromatic carbocycles. The summed E-state index contributed by atoms with van der Waals surface area (Å²) in [7, 11) is 0. The summed E-state index contributed by atoms with van der Waals surface area (Å²) >= 11 is 0. The summed E-state index contributed by atoms with van der Waals surface area (Å²) in [5.74, 6) is 0.714. The molecule has 0 saturated carbocycles. The van der Waals surface area contributed by atoms with E-state index in [0.29, 0.717) is 18.5 Å². The van der Waals surface area contributed by atoms with Crippen LogP contribution in [-0.4, -0.2) is 12.6 Å². The van der Waals surface area contributed by atoms with Crippen LogP contribution >= 0.6 is 0 Å². The van der Waals surface area contributed by atoms with E-state index < -0.39 is 0 Å². The predicted molar refractivity (Wildman–Crippen MR) is 106 cm³/mol. The number of nitrogens with one attached hydrogen (secondary N) is 1. The molecular weight excluding hydrogens is 304 g/mol. The van der Waals surface area contributed by atoms with Crippen LogP contribution in [0.2, 0.25) is 0 Å². The minimum Gasteiger partial charge on any atom is -0.329 e. The maximum atomic E-state index is 6.07. The van der Waals surface area contributed by atoms with Gasteiger partial charge in [-0.1, -0.05) is 66.7 Å². The number of hydrogen-bond donors (Lipinski definition) is 2. The third-order valence-electron chi connectivity index (χ3n) is 5.50. The van der Waals surface area contributed by atoms with E-state index in [-0.39, 0.29) is 0 Å². The van der Waals surface area contributed by atoms with Crippen molar-refractivity contribution in [3.05, 3.63) is 83.4 Å². The largest absolute Gasteiger partial charge is 0.329 e. The Morgan fingerprint density at radius 1 is 0.880 bits per heavy atom. The number of benzene rings is 3. The van der Waals surface area contributed by atoms with E-state index in [0.717, 1.165) is 13.0 Å². The molecule has 0 saturated heterocycles. The second-order valence-corrected chi connectivity index (χ2v) is 7.23. The second kappa shape index (κ2) is 7.38. The highest BCUT2D eigenvalue weighted by Crippen LogP contribution is 2.29. The molecule has 25 heavy (non-hydrogen) atoms.